The molecule has 0 spiro atoms. The fourth-order valence-corrected chi connectivity index (χ4v) is 3.62. The average molecular weight is 431 g/mol. The van der Waals surface area contributed by atoms with Crippen LogP contribution in [-0.4, -0.2) is 24.0 Å². The second-order valence-electron chi connectivity index (χ2n) is 5.45. The van der Waals surface area contributed by atoms with Crippen molar-refractivity contribution in [2.45, 2.75) is 6.92 Å². The lowest BCUT2D eigenvalue weighted by atomic mass is 10.1. The Morgan fingerprint density at radius 1 is 1.19 bits per heavy atom. The molecule has 1 N–H and O–H groups in total. The summed E-state index contributed by atoms with van der Waals surface area (Å²) in [5.41, 5.74) is 3.23. The van der Waals surface area contributed by atoms with Crippen LogP contribution in [-0.2, 0) is 4.74 Å². The number of benzene rings is 1. The Bertz CT molecular complexity index is 984. The number of nitrogens with zero attached hydrogens (tertiary/aromatic N) is 1. The molecule has 3 aromatic rings. The number of pyridine rings is 1. The first-order valence-electron chi connectivity index (χ1n) is 7.70. The van der Waals surface area contributed by atoms with Gasteiger partial charge in [0, 0.05) is 10.0 Å². The molecule has 5 nitrogen and oxygen atoms in total. The molecule has 2 heterocycles. The fraction of sp³-hybridized carbons (Fsp3) is 0.105. The van der Waals surface area contributed by atoms with Crippen molar-refractivity contribution in [1.29, 1.82) is 0 Å². The van der Waals surface area contributed by atoms with E-state index < -0.39 is 5.97 Å². The number of amides is 1. The summed E-state index contributed by atoms with van der Waals surface area (Å²) in [4.78, 5) is 29.2. The van der Waals surface area contributed by atoms with Gasteiger partial charge in [-0.1, -0.05) is 28.1 Å². The lowest BCUT2D eigenvalue weighted by molar-refractivity contribution is 0.0607. The lowest BCUT2D eigenvalue weighted by Gasteiger charge is -2.09. The van der Waals surface area contributed by atoms with E-state index in [9.17, 15) is 9.59 Å². The highest BCUT2D eigenvalue weighted by atomic mass is 79.9. The molecule has 26 heavy (non-hydrogen) atoms. The molecule has 0 atom stereocenters. The van der Waals surface area contributed by atoms with Crippen LogP contribution in [0.2, 0.25) is 0 Å². The van der Waals surface area contributed by atoms with Gasteiger partial charge in [0.15, 0.2) is 0 Å². The molecule has 0 saturated heterocycles. The maximum atomic E-state index is 12.6. The molecular weight excluding hydrogens is 416 g/mol. The second-order valence-corrected chi connectivity index (χ2v) is 7.28. The average Bonchev–Trinajstić information content (AvgIpc) is 3.09. The van der Waals surface area contributed by atoms with Gasteiger partial charge >= 0.3 is 5.97 Å². The molecular formula is C19H15BrN2O3S. The third kappa shape index (κ3) is 3.84. The molecule has 0 aliphatic heterocycles. The lowest BCUT2D eigenvalue weighted by Crippen LogP contribution is -2.15. The summed E-state index contributed by atoms with van der Waals surface area (Å²) in [6, 6.07) is 13.0. The zero-order valence-corrected chi connectivity index (χ0v) is 16.5. The molecule has 0 aliphatic rings. The number of aryl methyl sites for hydroxylation is 1. The molecule has 0 bridgehead atoms. The maximum Gasteiger partial charge on any atom is 0.350 e. The van der Waals surface area contributed by atoms with Crippen molar-refractivity contribution in [3.8, 4) is 11.3 Å². The van der Waals surface area contributed by atoms with Gasteiger partial charge in [-0.15, -0.1) is 11.3 Å². The van der Waals surface area contributed by atoms with Crippen molar-refractivity contribution in [3.63, 3.8) is 0 Å². The largest absolute Gasteiger partial charge is 0.465 e. The number of hydrogen-bond acceptors (Lipinski definition) is 5. The van der Waals surface area contributed by atoms with Gasteiger partial charge in [-0.05, 0) is 42.6 Å². The van der Waals surface area contributed by atoms with Crippen molar-refractivity contribution < 1.29 is 14.3 Å². The van der Waals surface area contributed by atoms with Crippen LogP contribution in [0.15, 0.2) is 52.3 Å². The highest BCUT2D eigenvalue weighted by Crippen LogP contribution is 2.25. The Balaban J connectivity index is 1.85. The monoisotopic (exact) mass is 430 g/mol. The number of ether oxygens (including phenoxy) is 1. The molecule has 7 heteroatoms. The number of thiophene rings is 1. The van der Waals surface area contributed by atoms with Crippen molar-refractivity contribution >= 4 is 44.8 Å². The topological polar surface area (TPSA) is 68.3 Å². The standard InChI is InChI=1S/C19H15BrN2O3S/c1-11-14(6-7-15(21-11)12-4-3-5-13(20)10-12)18(23)22-16-8-9-26-17(16)19(24)25-2/h3-10H,1-2H3,(H,22,23). The van der Waals surface area contributed by atoms with E-state index in [0.29, 0.717) is 21.8 Å². The second kappa shape index (κ2) is 7.80. The van der Waals surface area contributed by atoms with Crippen LogP contribution in [0.5, 0.6) is 0 Å². The molecule has 0 fully saturated rings. The van der Waals surface area contributed by atoms with Crippen LogP contribution in [0.3, 0.4) is 0 Å². The number of halogens is 1. The maximum absolute atomic E-state index is 12.6. The minimum atomic E-state index is -0.477. The van der Waals surface area contributed by atoms with E-state index in [-0.39, 0.29) is 5.91 Å². The Kier molecular flexibility index (Phi) is 5.49. The Morgan fingerprint density at radius 2 is 2.00 bits per heavy atom. The molecule has 0 saturated carbocycles. The fourth-order valence-electron chi connectivity index (χ4n) is 2.46. The summed E-state index contributed by atoms with van der Waals surface area (Å²) in [7, 11) is 1.31. The van der Waals surface area contributed by atoms with E-state index in [1.165, 1.54) is 18.4 Å². The first kappa shape index (κ1) is 18.3. The molecule has 0 radical (unpaired) electrons. The van der Waals surface area contributed by atoms with Crippen molar-refractivity contribution in [2.75, 3.05) is 12.4 Å². The quantitative estimate of drug-likeness (QED) is 0.596. The van der Waals surface area contributed by atoms with Crippen LogP contribution < -0.4 is 5.32 Å². The normalized spacial score (nSPS) is 10.4. The van der Waals surface area contributed by atoms with Crippen LogP contribution in [0.1, 0.15) is 25.7 Å². The van der Waals surface area contributed by atoms with Crippen molar-refractivity contribution in [3.05, 3.63) is 68.5 Å². The summed E-state index contributed by atoms with van der Waals surface area (Å²) in [6.45, 7) is 1.78. The Labute approximate surface area is 163 Å². The smallest absolute Gasteiger partial charge is 0.350 e. The number of hydrogen-bond donors (Lipinski definition) is 1. The molecule has 132 valence electrons. The third-order valence-electron chi connectivity index (χ3n) is 3.74. The summed E-state index contributed by atoms with van der Waals surface area (Å²) in [6.07, 6.45) is 0. The first-order chi connectivity index (χ1) is 12.5. The SMILES string of the molecule is COC(=O)c1sccc1NC(=O)c1ccc(-c2cccc(Br)c2)nc1C. The number of carbonyl (C=O) groups excluding carboxylic acids is 2. The van der Waals surface area contributed by atoms with Gasteiger partial charge in [-0.3, -0.25) is 9.78 Å². The van der Waals surface area contributed by atoms with Gasteiger partial charge in [-0.25, -0.2) is 4.79 Å². The number of carbonyl (C=O) groups is 2. The minimum Gasteiger partial charge on any atom is -0.465 e. The number of nitrogens with one attached hydrogen (secondary N) is 1. The highest BCUT2D eigenvalue weighted by molar-refractivity contribution is 9.10. The first-order valence-corrected chi connectivity index (χ1v) is 9.37. The molecule has 0 unspecified atom stereocenters. The van der Waals surface area contributed by atoms with E-state index in [0.717, 1.165) is 15.7 Å². The van der Waals surface area contributed by atoms with Gasteiger partial charge in [0.2, 0.25) is 0 Å². The molecule has 3 rings (SSSR count). The van der Waals surface area contributed by atoms with E-state index in [4.69, 9.17) is 4.74 Å². The van der Waals surface area contributed by atoms with E-state index in [1.807, 2.05) is 24.3 Å². The zero-order valence-electron chi connectivity index (χ0n) is 14.1. The number of methoxy groups -OCH3 is 1. The van der Waals surface area contributed by atoms with Gasteiger partial charge in [0.05, 0.1) is 29.7 Å². The molecule has 0 aliphatic carbocycles. The minimum absolute atomic E-state index is 0.320. The number of rotatable bonds is 4. The molecule has 1 aromatic carbocycles. The predicted molar refractivity (Wildman–Crippen MR) is 106 cm³/mol. The Morgan fingerprint density at radius 3 is 2.69 bits per heavy atom. The van der Waals surface area contributed by atoms with Crippen LogP contribution in [0.4, 0.5) is 5.69 Å². The summed E-state index contributed by atoms with van der Waals surface area (Å²) in [5.74, 6) is -0.797. The number of aromatic nitrogens is 1. The summed E-state index contributed by atoms with van der Waals surface area (Å²) in [5, 5.41) is 4.48. The summed E-state index contributed by atoms with van der Waals surface area (Å²) < 4.78 is 5.69. The van der Waals surface area contributed by atoms with Crippen molar-refractivity contribution in [2.24, 2.45) is 0 Å². The van der Waals surface area contributed by atoms with E-state index in [2.05, 4.69) is 26.2 Å². The van der Waals surface area contributed by atoms with Crippen LogP contribution >= 0.6 is 27.3 Å². The van der Waals surface area contributed by atoms with Gasteiger partial charge in [0.1, 0.15) is 4.88 Å². The van der Waals surface area contributed by atoms with Crippen LogP contribution in [0, 0.1) is 6.92 Å². The highest BCUT2D eigenvalue weighted by Gasteiger charge is 2.18. The predicted octanol–water partition coefficient (Wildman–Crippen LogP) is 4.92. The summed E-state index contributed by atoms with van der Waals surface area (Å²) >= 11 is 4.66. The van der Waals surface area contributed by atoms with Gasteiger partial charge in [0.25, 0.3) is 5.91 Å². The van der Waals surface area contributed by atoms with E-state index in [1.54, 1.807) is 30.5 Å². The van der Waals surface area contributed by atoms with Gasteiger partial charge < -0.3 is 10.1 Å². The zero-order chi connectivity index (χ0) is 18.7. The molecule has 2 aromatic heterocycles. The number of anilines is 1. The Hall–Kier alpha value is -2.51. The third-order valence-corrected chi connectivity index (χ3v) is 5.12. The van der Waals surface area contributed by atoms with Crippen molar-refractivity contribution in [1.82, 2.24) is 4.98 Å². The molecule has 1 amide bonds. The van der Waals surface area contributed by atoms with Gasteiger partial charge in [-0.2, -0.15) is 0 Å². The van der Waals surface area contributed by atoms with Crippen LogP contribution in [0.25, 0.3) is 11.3 Å². The number of esters is 1. The van der Waals surface area contributed by atoms with E-state index >= 15 is 0 Å².